The lowest BCUT2D eigenvalue weighted by molar-refractivity contribution is 0.592. The highest BCUT2D eigenvalue weighted by molar-refractivity contribution is 14.1. The fourth-order valence-corrected chi connectivity index (χ4v) is 12.4. The van der Waals surface area contributed by atoms with Crippen LogP contribution in [0.4, 0.5) is 0 Å². The Labute approximate surface area is 389 Å². The van der Waals surface area contributed by atoms with Crippen LogP contribution in [-0.4, -0.2) is 8.41 Å². The van der Waals surface area contributed by atoms with Crippen LogP contribution in [0, 0.1) is 3.57 Å². The molecule has 0 amide bonds. The monoisotopic (exact) mass is 1080 g/mol. The summed E-state index contributed by atoms with van der Waals surface area (Å²) < 4.78 is 41.6. The molecular formula is C49H37BBr2ClIO4P2+. The third-order valence-corrected chi connectivity index (χ3v) is 17.3. The van der Waals surface area contributed by atoms with E-state index in [0.717, 1.165) is 74.0 Å². The third kappa shape index (κ3) is 9.76. The summed E-state index contributed by atoms with van der Waals surface area (Å²) in [7, 11) is -4.49. The Morgan fingerprint density at radius 2 is 0.833 bits per heavy atom. The van der Waals surface area contributed by atoms with Crippen LogP contribution in [0.25, 0.3) is 43.9 Å². The zero-order valence-corrected chi connectivity index (χ0v) is 39.1. The Morgan fingerprint density at radius 1 is 0.467 bits per heavy atom. The molecule has 60 heavy (non-hydrogen) atoms. The van der Waals surface area contributed by atoms with Crippen LogP contribution >= 0.6 is 81.8 Å². The normalized spacial score (nSPS) is 10.7. The molecule has 0 aliphatic heterocycles. The van der Waals surface area contributed by atoms with E-state index < -0.39 is 14.9 Å². The summed E-state index contributed by atoms with van der Waals surface area (Å²) in [6.07, 6.45) is 0. The topological polar surface area (TPSA) is 60.4 Å². The molecule has 8 aromatic carbocycles. The summed E-state index contributed by atoms with van der Waals surface area (Å²) in [6.45, 7) is 0. The number of halogens is 4. The number of furan rings is 2. The van der Waals surface area contributed by atoms with Crippen molar-refractivity contribution in [3.8, 4) is 0 Å². The molecule has 0 N–H and O–H groups in total. The lowest BCUT2D eigenvalue weighted by Crippen LogP contribution is -2.25. The van der Waals surface area contributed by atoms with E-state index in [1.54, 1.807) is 0 Å². The van der Waals surface area contributed by atoms with Gasteiger partial charge >= 0.3 is 7.80 Å². The van der Waals surface area contributed by atoms with Gasteiger partial charge in [-0.15, -0.1) is 12.4 Å². The number of hydrogen-bond acceptors (Lipinski definition) is 4. The highest BCUT2D eigenvalue weighted by Gasteiger charge is 2.32. The van der Waals surface area contributed by atoms with Crippen molar-refractivity contribution in [2.45, 2.75) is 7.43 Å². The number of fused-ring (bicyclic) bond motifs is 6. The molecular weight excluding hydrogens is 1050 g/mol. The fourth-order valence-electron chi connectivity index (χ4n) is 6.67. The minimum Gasteiger partial charge on any atom is -0.456 e. The maximum Gasteiger partial charge on any atom is 0.415 e. The van der Waals surface area contributed by atoms with Crippen LogP contribution in [0.15, 0.2) is 212 Å². The molecule has 0 fully saturated rings. The smallest absolute Gasteiger partial charge is 0.415 e. The second-order valence-corrected chi connectivity index (χ2v) is 20.2. The summed E-state index contributed by atoms with van der Waals surface area (Å²) >= 11 is 9.53. The first-order chi connectivity index (χ1) is 27.8. The standard InChI is InChI=1S/C24H16BrO2P.C12H6BrIO.C12H10OP.CH4.B.ClH/c25-21-15-20-19-13-7-8-14-22(19)27-23(20)16-24(21)28(26,17-9-3-1-4-10-17)18-11-5-2-6-12-18;13-9-5-8-7-3-1-2-4-11(7)15-12(8)6-10(9)14;13-14(11-7-3-1-4-8-11)12-9-5-2-6-10-12;;;/h1-16H;1-6H;1-10H;1H4;;1H/q;;+1;;;. The van der Waals surface area contributed by atoms with Crippen molar-refractivity contribution in [1.29, 1.82) is 0 Å². The molecule has 2 heterocycles. The zero-order chi connectivity index (χ0) is 39.4. The predicted molar refractivity (Wildman–Crippen MR) is 274 cm³/mol. The van der Waals surface area contributed by atoms with E-state index in [9.17, 15) is 9.13 Å². The van der Waals surface area contributed by atoms with E-state index in [2.05, 4.69) is 72.6 Å². The minimum absolute atomic E-state index is 0. The highest BCUT2D eigenvalue weighted by atomic mass is 127. The molecule has 4 nitrogen and oxygen atoms in total. The Balaban J connectivity index is 0.000000182. The second-order valence-electron chi connectivity index (χ2n) is 13.0. The van der Waals surface area contributed by atoms with E-state index in [1.807, 2.05) is 176 Å². The molecule has 0 aliphatic rings. The Morgan fingerprint density at radius 3 is 1.28 bits per heavy atom. The zero-order valence-electron chi connectivity index (χ0n) is 31.1. The van der Waals surface area contributed by atoms with Crippen molar-refractivity contribution in [1.82, 2.24) is 0 Å². The van der Waals surface area contributed by atoms with Gasteiger partial charge in [0.1, 0.15) is 22.3 Å². The van der Waals surface area contributed by atoms with Crippen molar-refractivity contribution in [2.75, 3.05) is 0 Å². The first kappa shape index (κ1) is 46.8. The molecule has 0 bridgehead atoms. The summed E-state index contributed by atoms with van der Waals surface area (Å²) in [5.41, 5.74) is 3.47. The number of benzene rings is 8. The number of hydrogen-bond donors (Lipinski definition) is 0. The largest absolute Gasteiger partial charge is 0.456 e. The van der Waals surface area contributed by atoms with E-state index in [-0.39, 0.29) is 28.2 Å². The predicted octanol–water partition coefficient (Wildman–Crippen LogP) is 14.1. The van der Waals surface area contributed by atoms with Crippen molar-refractivity contribution in [3.05, 3.63) is 207 Å². The van der Waals surface area contributed by atoms with Gasteiger partial charge in [0, 0.05) is 58.4 Å². The van der Waals surface area contributed by atoms with Crippen LogP contribution in [0.2, 0.25) is 0 Å². The van der Waals surface area contributed by atoms with Gasteiger partial charge in [0.25, 0.3) is 0 Å². The Bertz CT molecular complexity index is 2970. The Hall–Kier alpha value is -4.27. The number of rotatable bonds is 5. The maximum absolute atomic E-state index is 14.6. The lowest BCUT2D eigenvalue weighted by Gasteiger charge is -2.21. The molecule has 3 radical (unpaired) electrons. The van der Waals surface area contributed by atoms with Crippen molar-refractivity contribution in [2.24, 2.45) is 0 Å². The first-order valence-corrected chi connectivity index (χ1v) is 23.6. The maximum atomic E-state index is 14.6. The van der Waals surface area contributed by atoms with Gasteiger partial charge in [0.05, 0.1) is 0 Å². The minimum atomic E-state index is -3.07. The van der Waals surface area contributed by atoms with Gasteiger partial charge in [-0.3, -0.25) is 0 Å². The Kier molecular flexibility index (Phi) is 16.4. The van der Waals surface area contributed by atoms with Crippen LogP contribution in [0.3, 0.4) is 0 Å². The average Bonchev–Trinajstić information content (AvgIpc) is 3.81. The molecule has 0 atom stereocenters. The third-order valence-electron chi connectivity index (χ3n) is 9.43. The highest BCUT2D eigenvalue weighted by Crippen LogP contribution is 2.46. The molecule has 0 saturated carbocycles. The molecule has 297 valence electrons. The average molecular weight is 1080 g/mol. The van der Waals surface area contributed by atoms with Gasteiger partial charge in [-0.25, -0.2) is 0 Å². The van der Waals surface area contributed by atoms with E-state index in [0.29, 0.717) is 0 Å². The molecule has 10 aromatic rings. The number of para-hydroxylation sites is 2. The van der Waals surface area contributed by atoms with E-state index in [4.69, 9.17) is 8.83 Å². The SMILES string of the molecule is Brc1cc2c(cc1I)oc1ccccc12.C.Cl.O=P(c1ccccc1)(c1ccccc1)c1cc2oc3ccccc3c2cc1Br.O=[P+](c1ccccc1)c1ccccc1.[B]. The quantitative estimate of drug-likeness (QED) is 0.0979. The fraction of sp³-hybridized carbons (Fsp3) is 0.0204. The van der Waals surface area contributed by atoms with E-state index in [1.165, 1.54) is 8.96 Å². The van der Waals surface area contributed by atoms with Crippen LogP contribution in [0.1, 0.15) is 7.43 Å². The van der Waals surface area contributed by atoms with E-state index >= 15 is 0 Å². The van der Waals surface area contributed by atoms with Crippen molar-refractivity contribution < 1.29 is 18.0 Å². The summed E-state index contributed by atoms with van der Waals surface area (Å²) in [5.74, 6) is 0. The molecule has 2 aromatic heterocycles. The van der Waals surface area contributed by atoms with Crippen LogP contribution in [0.5, 0.6) is 0 Å². The summed E-state index contributed by atoms with van der Waals surface area (Å²) in [5, 5.41) is 8.52. The summed E-state index contributed by atoms with van der Waals surface area (Å²) in [6, 6.07) is 62.6. The van der Waals surface area contributed by atoms with Crippen LogP contribution in [-0.2, 0) is 9.13 Å². The molecule has 0 spiro atoms. The second kappa shape index (κ2) is 21.0. The van der Waals surface area contributed by atoms with Gasteiger partial charge < -0.3 is 13.4 Å². The summed E-state index contributed by atoms with van der Waals surface area (Å²) in [4.78, 5) is 0. The first-order valence-electron chi connectivity index (χ1n) is 18.0. The lowest BCUT2D eigenvalue weighted by atomic mass is 10.1. The molecule has 10 rings (SSSR count). The molecule has 0 unspecified atom stereocenters. The molecule has 0 aliphatic carbocycles. The van der Waals surface area contributed by atoms with Gasteiger partial charge in [0.2, 0.25) is 0 Å². The van der Waals surface area contributed by atoms with Gasteiger partial charge in [0.15, 0.2) is 17.8 Å². The van der Waals surface area contributed by atoms with Crippen molar-refractivity contribution >= 4 is 161 Å². The van der Waals surface area contributed by atoms with Gasteiger partial charge in [-0.2, -0.15) is 0 Å². The molecule has 11 heteroatoms. The molecule has 0 saturated heterocycles. The van der Waals surface area contributed by atoms with Gasteiger partial charge in [-0.1, -0.05) is 145 Å². The van der Waals surface area contributed by atoms with Crippen molar-refractivity contribution in [3.63, 3.8) is 0 Å². The van der Waals surface area contributed by atoms with Gasteiger partial charge in [-0.05, 0) is 115 Å². The van der Waals surface area contributed by atoms with Crippen LogP contribution < -0.4 is 26.5 Å².